The molecule has 0 fully saturated rings. The van der Waals surface area contributed by atoms with E-state index in [2.05, 4.69) is 10.1 Å². The fourth-order valence-corrected chi connectivity index (χ4v) is 1.21. The maximum Gasteiger partial charge on any atom is 0.411 e. The van der Waals surface area contributed by atoms with Gasteiger partial charge in [-0.3, -0.25) is 0 Å². The van der Waals surface area contributed by atoms with E-state index in [1.54, 1.807) is 6.92 Å². The Morgan fingerprint density at radius 3 is 2.13 bits per heavy atom. The van der Waals surface area contributed by atoms with Gasteiger partial charge in [0.15, 0.2) is 0 Å². The average molecular weight is 227 g/mol. The van der Waals surface area contributed by atoms with Gasteiger partial charge in [-0.15, -0.1) is 0 Å². The van der Waals surface area contributed by atoms with Crippen molar-refractivity contribution in [2.45, 2.75) is 51.9 Å². The van der Waals surface area contributed by atoms with Gasteiger partial charge >= 0.3 is 6.18 Å². The lowest BCUT2D eigenvalue weighted by Gasteiger charge is -2.19. The maximum atomic E-state index is 11.8. The normalized spacial score (nSPS) is 14.6. The van der Waals surface area contributed by atoms with Crippen molar-refractivity contribution >= 4 is 0 Å². The van der Waals surface area contributed by atoms with Crippen molar-refractivity contribution < 1.29 is 17.9 Å². The van der Waals surface area contributed by atoms with Gasteiger partial charge in [0.25, 0.3) is 0 Å². The lowest BCUT2D eigenvalue weighted by atomic mass is 10.1. The largest absolute Gasteiger partial charge is 0.411 e. The molecule has 0 aliphatic carbocycles. The van der Waals surface area contributed by atoms with Gasteiger partial charge < -0.3 is 10.1 Å². The zero-order chi connectivity index (χ0) is 11.9. The van der Waals surface area contributed by atoms with Crippen LogP contribution >= 0.6 is 0 Å². The molecule has 15 heavy (non-hydrogen) atoms. The molecule has 0 aliphatic heterocycles. The molecule has 1 unspecified atom stereocenters. The molecule has 0 amide bonds. The second kappa shape index (κ2) is 7.06. The highest BCUT2D eigenvalue weighted by Crippen LogP contribution is 2.15. The SMILES string of the molecule is CCC(CC)NCC(C)OCC(F)(F)F. The second-order valence-electron chi connectivity index (χ2n) is 3.66. The summed E-state index contributed by atoms with van der Waals surface area (Å²) in [6.07, 6.45) is -2.69. The van der Waals surface area contributed by atoms with Crippen molar-refractivity contribution in [3.8, 4) is 0 Å². The molecule has 0 aliphatic rings. The van der Waals surface area contributed by atoms with Crippen LogP contribution < -0.4 is 5.32 Å². The molecule has 0 spiro atoms. The van der Waals surface area contributed by atoms with E-state index in [4.69, 9.17) is 0 Å². The van der Waals surface area contributed by atoms with Crippen LogP contribution in [0.1, 0.15) is 33.6 Å². The fraction of sp³-hybridized carbons (Fsp3) is 1.00. The van der Waals surface area contributed by atoms with Gasteiger partial charge in [0.05, 0.1) is 6.10 Å². The summed E-state index contributed by atoms with van der Waals surface area (Å²) in [6.45, 7) is 5.02. The van der Waals surface area contributed by atoms with Gasteiger partial charge in [0, 0.05) is 12.6 Å². The Hall–Kier alpha value is -0.290. The zero-order valence-electron chi connectivity index (χ0n) is 9.53. The van der Waals surface area contributed by atoms with Crippen molar-refractivity contribution in [1.29, 1.82) is 0 Å². The summed E-state index contributed by atoms with van der Waals surface area (Å²) < 4.78 is 40.1. The average Bonchev–Trinajstić information content (AvgIpc) is 2.15. The first-order valence-electron chi connectivity index (χ1n) is 5.30. The molecule has 5 heteroatoms. The summed E-state index contributed by atoms with van der Waals surface area (Å²) in [4.78, 5) is 0. The predicted molar refractivity (Wildman–Crippen MR) is 53.8 cm³/mol. The van der Waals surface area contributed by atoms with Crippen LogP contribution in [0.3, 0.4) is 0 Å². The van der Waals surface area contributed by atoms with E-state index >= 15 is 0 Å². The first-order valence-corrected chi connectivity index (χ1v) is 5.30. The van der Waals surface area contributed by atoms with E-state index in [0.717, 1.165) is 12.8 Å². The molecule has 0 aromatic heterocycles. The number of rotatable bonds is 7. The van der Waals surface area contributed by atoms with Crippen LogP contribution in [0, 0.1) is 0 Å². The number of hydrogen-bond acceptors (Lipinski definition) is 2. The molecule has 0 saturated heterocycles. The van der Waals surface area contributed by atoms with Crippen LogP contribution in [-0.2, 0) is 4.74 Å². The van der Waals surface area contributed by atoms with Crippen LogP contribution in [0.25, 0.3) is 0 Å². The highest BCUT2D eigenvalue weighted by Gasteiger charge is 2.28. The first kappa shape index (κ1) is 14.7. The Morgan fingerprint density at radius 2 is 1.73 bits per heavy atom. The number of alkyl halides is 3. The van der Waals surface area contributed by atoms with Gasteiger partial charge in [-0.05, 0) is 19.8 Å². The van der Waals surface area contributed by atoms with Gasteiger partial charge in [-0.2, -0.15) is 13.2 Å². The lowest BCUT2D eigenvalue weighted by molar-refractivity contribution is -0.183. The standard InChI is InChI=1S/C10H20F3NO/c1-4-9(5-2)14-6-8(3)15-7-10(11,12)13/h8-9,14H,4-7H2,1-3H3. The Bertz CT molecular complexity index is 157. The van der Waals surface area contributed by atoms with Gasteiger partial charge in [-0.25, -0.2) is 0 Å². The highest BCUT2D eigenvalue weighted by molar-refractivity contribution is 4.65. The Morgan fingerprint density at radius 1 is 1.20 bits per heavy atom. The topological polar surface area (TPSA) is 21.3 Å². The number of hydrogen-bond donors (Lipinski definition) is 1. The monoisotopic (exact) mass is 227 g/mol. The molecule has 0 radical (unpaired) electrons. The lowest BCUT2D eigenvalue weighted by Crippen LogP contribution is -2.36. The summed E-state index contributed by atoms with van der Waals surface area (Å²) >= 11 is 0. The molecule has 2 nitrogen and oxygen atoms in total. The van der Waals surface area contributed by atoms with Crippen molar-refractivity contribution in [2.75, 3.05) is 13.2 Å². The molecule has 0 rings (SSSR count). The Balaban J connectivity index is 3.61. The zero-order valence-corrected chi connectivity index (χ0v) is 9.53. The Kier molecular flexibility index (Phi) is 6.92. The molecule has 1 N–H and O–H groups in total. The third-order valence-electron chi connectivity index (χ3n) is 2.21. The highest BCUT2D eigenvalue weighted by atomic mass is 19.4. The summed E-state index contributed by atoms with van der Waals surface area (Å²) in [6, 6.07) is 0.363. The summed E-state index contributed by atoms with van der Waals surface area (Å²) in [5.74, 6) is 0. The van der Waals surface area contributed by atoms with E-state index in [1.807, 2.05) is 13.8 Å². The van der Waals surface area contributed by atoms with E-state index in [1.165, 1.54) is 0 Å². The third kappa shape index (κ3) is 8.69. The van der Waals surface area contributed by atoms with E-state index < -0.39 is 18.9 Å². The minimum Gasteiger partial charge on any atom is -0.368 e. The van der Waals surface area contributed by atoms with Crippen molar-refractivity contribution in [1.82, 2.24) is 5.32 Å². The van der Waals surface area contributed by atoms with Crippen LogP contribution in [0.15, 0.2) is 0 Å². The van der Waals surface area contributed by atoms with E-state index in [0.29, 0.717) is 12.6 Å². The van der Waals surface area contributed by atoms with Gasteiger partial charge in [0.2, 0.25) is 0 Å². The number of ether oxygens (including phenoxy) is 1. The second-order valence-corrected chi connectivity index (χ2v) is 3.66. The number of halogens is 3. The summed E-state index contributed by atoms with van der Waals surface area (Å²) in [5, 5.41) is 3.16. The molecular weight excluding hydrogens is 207 g/mol. The minimum atomic E-state index is -4.23. The molecule has 0 bridgehead atoms. The maximum absolute atomic E-state index is 11.8. The van der Waals surface area contributed by atoms with Crippen LogP contribution in [0.4, 0.5) is 13.2 Å². The quantitative estimate of drug-likeness (QED) is 0.722. The summed E-state index contributed by atoms with van der Waals surface area (Å²) in [7, 11) is 0. The van der Waals surface area contributed by atoms with Gasteiger partial charge in [0.1, 0.15) is 6.61 Å². The Labute approximate surface area is 89.2 Å². The molecule has 0 aromatic carbocycles. The van der Waals surface area contributed by atoms with Crippen LogP contribution in [0.5, 0.6) is 0 Å². The van der Waals surface area contributed by atoms with Crippen LogP contribution in [0.2, 0.25) is 0 Å². The molecular formula is C10H20F3NO. The summed E-state index contributed by atoms with van der Waals surface area (Å²) in [5.41, 5.74) is 0. The van der Waals surface area contributed by atoms with Crippen molar-refractivity contribution in [3.05, 3.63) is 0 Å². The fourth-order valence-electron chi connectivity index (χ4n) is 1.21. The smallest absolute Gasteiger partial charge is 0.368 e. The van der Waals surface area contributed by atoms with E-state index in [-0.39, 0.29) is 0 Å². The predicted octanol–water partition coefficient (Wildman–Crippen LogP) is 2.73. The molecule has 0 heterocycles. The van der Waals surface area contributed by atoms with Crippen molar-refractivity contribution in [3.63, 3.8) is 0 Å². The minimum absolute atomic E-state index is 0.363. The van der Waals surface area contributed by atoms with E-state index in [9.17, 15) is 13.2 Å². The molecule has 1 atom stereocenters. The van der Waals surface area contributed by atoms with Crippen molar-refractivity contribution in [2.24, 2.45) is 0 Å². The van der Waals surface area contributed by atoms with Crippen LogP contribution in [-0.4, -0.2) is 31.5 Å². The number of nitrogens with one attached hydrogen (secondary N) is 1. The molecule has 0 aromatic rings. The third-order valence-corrected chi connectivity index (χ3v) is 2.21. The molecule has 0 saturated carbocycles. The van der Waals surface area contributed by atoms with Gasteiger partial charge in [-0.1, -0.05) is 13.8 Å². The first-order chi connectivity index (χ1) is 6.89. The molecule has 92 valence electrons.